The van der Waals surface area contributed by atoms with Crippen LogP contribution in [0.4, 0.5) is 0 Å². The molecule has 7 atom stereocenters. The third-order valence-electron chi connectivity index (χ3n) is 7.68. The lowest BCUT2D eigenvalue weighted by Crippen LogP contribution is -2.63. The van der Waals surface area contributed by atoms with Crippen LogP contribution in [-0.2, 0) is 4.74 Å². The molecule has 1 aliphatic heterocycles. The molecule has 3 nitrogen and oxygen atoms in total. The maximum atomic E-state index is 11.2. The Kier molecular flexibility index (Phi) is 4.02. The molecule has 3 fully saturated rings. The van der Waals surface area contributed by atoms with Crippen LogP contribution in [0.25, 0.3) is 0 Å². The Labute approximate surface area is 141 Å². The van der Waals surface area contributed by atoms with Crippen molar-refractivity contribution in [3.05, 3.63) is 11.6 Å². The third kappa shape index (κ3) is 2.26. The maximum absolute atomic E-state index is 11.2. The molecular formula is C20H34O3. The summed E-state index contributed by atoms with van der Waals surface area (Å²) in [6.45, 7) is 13.1. The first-order chi connectivity index (χ1) is 10.6. The standard InChI is InChI=1S/C20H34O3/c1-7-12(2)16-15(22)17-19(5,23-16)11-8-13-18(3,4)10-9-14(21)20(13,17)6/h7,13-17,21-22H,8-11H2,1-6H3. The highest BCUT2D eigenvalue weighted by atomic mass is 16.5. The summed E-state index contributed by atoms with van der Waals surface area (Å²) in [5.41, 5.74) is 0.686. The van der Waals surface area contributed by atoms with Gasteiger partial charge in [0.1, 0.15) is 6.10 Å². The molecule has 0 bridgehead atoms. The van der Waals surface area contributed by atoms with E-state index in [2.05, 4.69) is 27.7 Å². The van der Waals surface area contributed by atoms with E-state index < -0.39 is 6.10 Å². The van der Waals surface area contributed by atoms with Gasteiger partial charge in [-0.05, 0) is 63.4 Å². The molecule has 2 N–H and O–H groups in total. The van der Waals surface area contributed by atoms with Crippen LogP contribution in [0.1, 0.15) is 67.2 Å². The maximum Gasteiger partial charge on any atom is 0.105 e. The van der Waals surface area contributed by atoms with Gasteiger partial charge >= 0.3 is 0 Å². The fourth-order valence-corrected chi connectivity index (χ4v) is 6.36. The molecule has 0 amide bonds. The number of aliphatic hydroxyl groups is 2. The van der Waals surface area contributed by atoms with Crippen LogP contribution in [-0.4, -0.2) is 34.1 Å². The fraction of sp³-hybridized carbons (Fsp3) is 0.900. The Hall–Kier alpha value is -0.380. The van der Waals surface area contributed by atoms with Gasteiger partial charge in [0.25, 0.3) is 0 Å². The van der Waals surface area contributed by atoms with E-state index in [1.54, 1.807) is 0 Å². The molecule has 3 heteroatoms. The zero-order valence-corrected chi connectivity index (χ0v) is 15.6. The van der Waals surface area contributed by atoms with Gasteiger partial charge in [-0.3, -0.25) is 0 Å². The van der Waals surface area contributed by atoms with E-state index in [4.69, 9.17) is 4.74 Å². The minimum absolute atomic E-state index is 0.0109. The van der Waals surface area contributed by atoms with E-state index >= 15 is 0 Å². The minimum Gasteiger partial charge on any atom is -0.393 e. The molecule has 0 aromatic rings. The lowest BCUT2D eigenvalue weighted by Gasteiger charge is -2.62. The van der Waals surface area contributed by atoms with Gasteiger partial charge in [-0.25, -0.2) is 0 Å². The van der Waals surface area contributed by atoms with Crippen LogP contribution in [0.2, 0.25) is 0 Å². The molecular weight excluding hydrogens is 288 g/mol. The van der Waals surface area contributed by atoms with E-state index in [1.807, 2.05) is 19.9 Å². The summed E-state index contributed by atoms with van der Waals surface area (Å²) in [7, 11) is 0. The molecule has 23 heavy (non-hydrogen) atoms. The number of rotatable bonds is 1. The van der Waals surface area contributed by atoms with E-state index in [0.29, 0.717) is 5.92 Å². The normalized spacial score (nSPS) is 52.9. The predicted octanol–water partition coefficient (Wildman–Crippen LogP) is 3.68. The summed E-state index contributed by atoms with van der Waals surface area (Å²) in [6.07, 6.45) is 4.85. The van der Waals surface area contributed by atoms with Crippen LogP contribution >= 0.6 is 0 Å². The average Bonchev–Trinajstić information content (AvgIpc) is 2.75. The van der Waals surface area contributed by atoms with Gasteiger partial charge in [0.2, 0.25) is 0 Å². The summed E-state index contributed by atoms with van der Waals surface area (Å²) in [5.74, 6) is 0.419. The molecule has 1 heterocycles. The topological polar surface area (TPSA) is 49.7 Å². The molecule has 2 aliphatic carbocycles. The summed E-state index contributed by atoms with van der Waals surface area (Å²) >= 11 is 0. The monoisotopic (exact) mass is 322 g/mol. The van der Waals surface area contributed by atoms with Gasteiger partial charge in [0.15, 0.2) is 0 Å². The van der Waals surface area contributed by atoms with Gasteiger partial charge in [-0.15, -0.1) is 0 Å². The Morgan fingerprint density at radius 3 is 2.35 bits per heavy atom. The number of aliphatic hydroxyl groups excluding tert-OH is 2. The molecule has 7 unspecified atom stereocenters. The van der Waals surface area contributed by atoms with Crippen LogP contribution in [0, 0.1) is 22.7 Å². The van der Waals surface area contributed by atoms with Crippen molar-refractivity contribution in [2.24, 2.45) is 22.7 Å². The fourth-order valence-electron chi connectivity index (χ4n) is 6.36. The van der Waals surface area contributed by atoms with Crippen molar-refractivity contribution in [2.45, 2.75) is 91.1 Å². The zero-order valence-electron chi connectivity index (χ0n) is 15.6. The highest BCUT2D eigenvalue weighted by Crippen LogP contribution is 2.65. The molecule has 0 aromatic heterocycles. The molecule has 0 radical (unpaired) electrons. The second-order valence-electron chi connectivity index (χ2n) is 9.35. The van der Waals surface area contributed by atoms with Crippen molar-refractivity contribution in [1.82, 2.24) is 0 Å². The Morgan fingerprint density at radius 1 is 1.09 bits per heavy atom. The van der Waals surface area contributed by atoms with Crippen molar-refractivity contribution in [3.63, 3.8) is 0 Å². The molecule has 0 aromatic carbocycles. The molecule has 1 saturated heterocycles. The van der Waals surface area contributed by atoms with Crippen molar-refractivity contribution < 1.29 is 14.9 Å². The Balaban J connectivity index is 2.06. The van der Waals surface area contributed by atoms with Crippen molar-refractivity contribution >= 4 is 0 Å². The zero-order chi connectivity index (χ0) is 17.2. The number of ether oxygens (including phenoxy) is 1. The van der Waals surface area contributed by atoms with Gasteiger partial charge in [0, 0.05) is 11.3 Å². The van der Waals surface area contributed by atoms with Crippen molar-refractivity contribution in [1.29, 1.82) is 0 Å². The van der Waals surface area contributed by atoms with Crippen LogP contribution in [0.3, 0.4) is 0 Å². The van der Waals surface area contributed by atoms with E-state index in [-0.39, 0.29) is 34.6 Å². The average molecular weight is 322 g/mol. The highest BCUT2D eigenvalue weighted by molar-refractivity contribution is 5.21. The second-order valence-corrected chi connectivity index (χ2v) is 9.35. The molecule has 132 valence electrons. The first-order valence-electron chi connectivity index (χ1n) is 9.24. The first kappa shape index (κ1) is 17.4. The summed E-state index contributed by atoms with van der Waals surface area (Å²) in [6, 6.07) is 0. The minimum atomic E-state index is -0.535. The van der Waals surface area contributed by atoms with Crippen molar-refractivity contribution in [2.75, 3.05) is 0 Å². The largest absolute Gasteiger partial charge is 0.393 e. The molecule has 3 rings (SSSR count). The van der Waals surface area contributed by atoms with Crippen molar-refractivity contribution in [3.8, 4) is 0 Å². The van der Waals surface area contributed by atoms with Gasteiger partial charge in [0.05, 0.1) is 17.8 Å². The summed E-state index contributed by atoms with van der Waals surface area (Å²) in [5, 5.41) is 22.1. The van der Waals surface area contributed by atoms with Gasteiger partial charge in [-0.1, -0.05) is 26.8 Å². The number of fused-ring (bicyclic) bond motifs is 3. The number of hydrogen-bond acceptors (Lipinski definition) is 3. The van der Waals surface area contributed by atoms with E-state index in [0.717, 1.165) is 31.3 Å². The number of allylic oxidation sites excluding steroid dienone is 1. The van der Waals surface area contributed by atoms with E-state index in [9.17, 15) is 10.2 Å². The summed E-state index contributed by atoms with van der Waals surface area (Å²) in [4.78, 5) is 0. The van der Waals surface area contributed by atoms with Crippen LogP contribution < -0.4 is 0 Å². The third-order valence-corrected chi connectivity index (χ3v) is 7.68. The molecule has 2 saturated carbocycles. The van der Waals surface area contributed by atoms with E-state index in [1.165, 1.54) is 0 Å². The molecule has 3 aliphatic rings. The highest BCUT2D eigenvalue weighted by Gasteiger charge is 2.68. The summed E-state index contributed by atoms with van der Waals surface area (Å²) < 4.78 is 6.42. The lowest BCUT2D eigenvalue weighted by atomic mass is 9.44. The quantitative estimate of drug-likeness (QED) is 0.724. The van der Waals surface area contributed by atoms with Crippen LogP contribution in [0.5, 0.6) is 0 Å². The number of hydrogen-bond donors (Lipinski definition) is 2. The SMILES string of the molecule is CC=C(C)C1OC2(C)CCC3C(C)(C)CCC(O)C3(C)C2C1O. The van der Waals surface area contributed by atoms with Crippen LogP contribution in [0.15, 0.2) is 11.6 Å². The van der Waals surface area contributed by atoms with Gasteiger partial charge < -0.3 is 14.9 Å². The Bertz CT molecular complexity index is 511. The lowest BCUT2D eigenvalue weighted by molar-refractivity contribution is -0.205. The predicted molar refractivity (Wildman–Crippen MR) is 92.1 cm³/mol. The van der Waals surface area contributed by atoms with Gasteiger partial charge in [-0.2, -0.15) is 0 Å². The smallest absolute Gasteiger partial charge is 0.105 e. The second kappa shape index (κ2) is 5.31. The first-order valence-corrected chi connectivity index (χ1v) is 9.24. The Morgan fingerprint density at radius 2 is 1.74 bits per heavy atom. The molecule has 0 spiro atoms.